The predicted octanol–water partition coefficient (Wildman–Crippen LogP) is 13.2. The van der Waals surface area contributed by atoms with E-state index in [1.807, 2.05) is 0 Å². The number of hydrogen-bond acceptors (Lipinski definition) is 4. The minimum absolute atomic E-state index is 0.246. The van der Waals surface area contributed by atoms with Crippen molar-refractivity contribution in [1.29, 1.82) is 21.0 Å². The van der Waals surface area contributed by atoms with Crippen molar-refractivity contribution in [2.75, 3.05) is 0 Å². The van der Waals surface area contributed by atoms with Gasteiger partial charge in [-0.15, -0.1) is 0 Å². The second-order valence-corrected chi connectivity index (χ2v) is 13.5. The first-order valence-electron chi connectivity index (χ1n) is 17.7. The first-order chi connectivity index (χ1) is 31.6. The third-order valence-corrected chi connectivity index (χ3v) is 10.3. The molecule has 5 aromatic rings. The monoisotopic (exact) mass is 876 g/mol. The van der Waals surface area contributed by atoms with Crippen molar-refractivity contribution >= 4 is 67.6 Å². The predicted molar refractivity (Wildman–Crippen MR) is 218 cm³/mol. The summed E-state index contributed by atoms with van der Waals surface area (Å²) in [7, 11) is 0. The van der Waals surface area contributed by atoms with Gasteiger partial charge in [-0.3, -0.25) is 0 Å². The number of allylic oxidation sites excluding steroid dienone is 6. The fourth-order valence-electron chi connectivity index (χ4n) is 7.59. The van der Waals surface area contributed by atoms with Gasteiger partial charge in [0.15, 0.2) is 63.6 Å². The van der Waals surface area contributed by atoms with Gasteiger partial charge in [0.1, 0.15) is 23.8 Å². The summed E-state index contributed by atoms with van der Waals surface area (Å²) < 4.78 is 127. The number of hydrogen-bond donors (Lipinski definition) is 0. The number of nitriles is 4. The Morgan fingerprint density at radius 1 is 0.455 bits per heavy atom. The van der Waals surface area contributed by atoms with E-state index in [2.05, 4.69) is 29.1 Å². The summed E-state index contributed by atoms with van der Waals surface area (Å²) in [5.74, 6) is -17.8. The summed E-state index contributed by atoms with van der Waals surface area (Å²) in [6, 6.07) is 14.3. The minimum atomic E-state index is -2.23. The highest BCUT2D eigenvalue weighted by molar-refractivity contribution is 6.33. The van der Waals surface area contributed by atoms with Crippen LogP contribution >= 0.6 is 0 Å². The van der Waals surface area contributed by atoms with E-state index in [-0.39, 0.29) is 33.8 Å². The zero-order valence-electron chi connectivity index (χ0n) is 32.1. The molecule has 0 aromatic heterocycles. The summed E-state index contributed by atoms with van der Waals surface area (Å²) in [5, 5.41) is 40.6. The third kappa shape index (κ3) is 6.23. The van der Waals surface area contributed by atoms with Crippen molar-refractivity contribution in [2.45, 2.75) is 0 Å². The Morgan fingerprint density at radius 3 is 1.45 bits per heavy atom. The summed E-state index contributed by atoms with van der Waals surface area (Å²) in [5.41, 5.74) is -17.3. The fourth-order valence-corrected chi connectivity index (χ4v) is 7.59. The molecule has 0 bridgehead atoms. The topological polar surface area (TPSA) is 121 Å². The summed E-state index contributed by atoms with van der Waals surface area (Å²) in [6.07, 6.45) is 0. The molecule has 66 heavy (non-hydrogen) atoms. The van der Waals surface area contributed by atoms with Gasteiger partial charge < -0.3 is 0 Å². The van der Waals surface area contributed by atoms with Crippen LogP contribution in [0.4, 0.5) is 57.9 Å². The lowest BCUT2D eigenvalue weighted by Gasteiger charge is -2.17. The molecule has 2 aliphatic rings. The molecule has 306 valence electrons. The highest BCUT2D eigenvalue weighted by Crippen LogP contribution is 2.58. The van der Waals surface area contributed by atoms with E-state index in [1.165, 1.54) is 0 Å². The molecule has 10 nitrogen and oxygen atoms in total. The highest BCUT2D eigenvalue weighted by atomic mass is 19.2. The molecular formula is C48H8F8N10. The van der Waals surface area contributed by atoms with Crippen LogP contribution in [0.2, 0.25) is 0 Å². The molecule has 0 unspecified atom stereocenters. The largest absolute Gasteiger partial charge is 0.262 e. The minimum Gasteiger partial charge on any atom is -0.239 e. The van der Waals surface area contributed by atoms with E-state index in [9.17, 15) is 21.0 Å². The molecule has 0 saturated carbocycles. The van der Waals surface area contributed by atoms with Crippen molar-refractivity contribution in [1.82, 2.24) is 0 Å². The van der Waals surface area contributed by atoms with Crippen LogP contribution < -0.4 is 0 Å². The van der Waals surface area contributed by atoms with Crippen molar-refractivity contribution < 1.29 is 35.1 Å². The number of halogens is 8. The normalized spacial score (nSPS) is 13.5. The first-order valence-corrected chi connectivity index (χ1v) is 17.7. The molecule has 5 aromatic carbocycles. The zero-order chi connectivity index (χ0) is 48.0. The molecular weight excluding hydrogens is 869 g/mol. The van der Waals surface area contributed by atoms with Gasteiger partial charge in [-0.05, 0) is 56.7 Å². The lowest BCUT2D eigenvalue weighted by molar-refractivity contribution is 0.447. The Morgan fingerprint density at radius 2 is 0.970 bits per heavy atom. The Labute approximate surface area is 366 Å². The Bertz CT molecular complexity index is 3430. The molecule has 18 heteroatoms. The number of nitrogens with zero attached hydrogens (tertiary/aromatic N) is 10. The van der Waals surface area contributed by atoms with Crippen molar-refractivity contribution in [3.05, 3.63) is 219 Å². The quantitative estimate of drug-likeness (QED) is 0.0772. The van der Waals surface area contributed by atoms with E-state index < -0.39 is 136 Å². The van der Waals surface area contributed by atoms with Gasteiger partial charge in [0.2, 0.25) is 11.4 Å². The van der Waals surface area contributed by atoms with E-state index in [0.29, 0.717) is 0 Å². The van der Waals surface area contributed by atoms with Gasteiger partial charge in [0.25, 0.3) is 5.69 Å². The summed E-state index contributed by atoms with van der Waals surface area (Å²) in [6.45, 7) is 46.3. The average Bonchev–Trinajstić information content (AvgIpc) is 3.80. The number of benzene rings is 5. The standard InChI is InChI=1S/C48H8F8N10/c1-61-22-8-19(15-57)7-21(11-22)46(64-4)34-26-14-28-27(13-25(26)30(17-59)33(34)36-40(51)38(49)31(18-60)39(50)41(36)52)32(29(16-58)20-9-23(62-2)12-24(10-20)63-3)35(47(28)65-5)37-42(53)44(55)48(66-6)45(56)43(37)54/h7-14H/b32-29-,46-34+. The van der Waals surface area contributed by atoms with Crippen molar-refractivity contribution in [2.24, 2.45) is 0 Å². The van der Waals surface area contributed by atoms with Crippen LogP contribution in [0.3, 0.4) is 0 Å². The number of fused-ring (bicyclic) bond motifs is 2. The fraction of sp³-hybridized carbons (Fsp3) is 0. The van der Waals surface area contributed by atoms with Crippen molar-refractivity contribution in [3.63, 3.8) is 0 Å². The second-order valence-electron chi connectivity index (χ2n) is 13.5. The van der Waals surface area contributed by atoms with Crippen LogP contribution in [0.25, 0.3) is 73.9 Å². The zero-order valence-corrected chi connectivity index (χ0v) is 32.1. The highest BCUT2D eigenvalue weighted by Gasteiger charge is 2.42. The van der Waals surface area contributed by atoms with Gasteiger partial charge in [-0.25, -0.2) is 64.2 Å². The molecule has 0 heterocycles. The SMILES string of the molecule is [C-]#[N+]C1=C(c2c(F)c(F)c([N+]#[C-])c(F)c2F)/C(=C(/C#N)c2cc([N+]#[C-])cc([N+]#[C-])c2)c2cc3c(cc21)/C(=C(\[N+]#[C-])c1cc(C#N)cc([N+]#[C-])c1)C(c1c(F)c(F)c(C#N)c(F)c1F)=C3C#N. The summed E-state index contributed by atoms with van der Waals surface area (Å²) in [4.78, 5) is 19.1. The van der Waals surface area contributed by atoms with Gasteiger partial charge in [0, 0.05) is 22.3 Å². The summed E-state index contributed by atoms with van der Waals surface area (Å²) >= 11 is 0. The maximum Gasteiger partial charge on any atom is 0.262 e. The molecule has 0 radical (unpaired) electrons. The second kappa shape index (κ2) is 16.4. The molecule has 0 amide bonds. The first kappa shape index (κ1) is 43.5. The maximum absolute atomic E-state index is 16.2. The average molecular weight is 877 g/mol. The Balaban J connectivity index is 1.77. The lowest BCUT2D eigenvalue weighted by Crippen LogP contribution is -2.07. The Hall–Kier alpha value is -10.6. The third-order valence-electron chi connectivity index (χ3n) is 10.3. The number of rotatable bonds is 4. The van der Waals surface area contributed by atoms with Crippen LogP contribution in [-0.2, 0) is 0 Å². The lowest BCUT2D eigenvalue weighted by atomic mass is 9.87. The Kier molecular flexibility index (Phi) is 10.8. The molecule has 0 saturated heterocycles. The molecule has 0 fully saturated rings. The molecule has 7 rings (SSSR count). The van der Waals surface area contributed by atoms with Crippen molar-refractivity contribution in [3.8, 4) is 24.3 Å². The van der Waals surface area contributed by atoms with Crippen LogP contribution in [0.15, 0.2) is 48.5 Å². The molecule has 0 N–H and O–H groups in total. The van der Waals surface area contributed by atoms with Crippen LogP contribution in [0.5, 0.6) is 0 Å². The van der Waals surface area contributed by atoms with E-state index in [0.717, 1.165) is 54.6 Å². The molecule has 2 aliphatic carbocycles. The molecule has 0 spiro atoms. The van der Waals surface area contributed by atoms with Crippen LogP contribution in [0.1, 0.15) is 55.6 Å². The van der Waals surface area contributed by atoms with Gasteiger partial charge in [-0.1, -0.05) is 36.4 Å². The van der Waals surface area contributed by atoms with E-state index >= 15 is 35.1 Å². The van der Waals surface area contributed by atoms with Gasteiger partial charge in [0.05, 0.1) is 62.2 Å². The smallest absolute Gasteiger partial charge is 0.239 e. The maximum atomic E-state index is 16.2. The molecule has 0 atom stereocenters. The van der Waals surface area contributed by atoms with E-state index in [4.69, 9.17) is 39.4 Å². The van der Waals surface area contributed by atoms with Gasteiger partial charge in [-0.2, -0.15) is 21.0 Å². The van der Waals surface area contributed by atoms with E-state index in [1.54, 1.807) is 18.2 Å². The van der Waals surface area contributed by atoms with Crippen LogP contribution in [0, 0.1) is 131 Å². The molecule has 0 aliphatic heterocycles. The van der Waals surface area contributed by atoms with Gasteiger partial charge >= 0.3 is 0 Å². The van der Waals surface area contributed by atoms with Crippen LogP contribution in [-0.4, -0.2) is 0 Å².